The van der Waals surface area contributed by atoms with Crippen molar-refractivity contribution in [2.75, 3.05) is 6.61 Å². The Kier molecular flexibility index (Phi) is 4.46. The maximum absolute atomic E-state index is 12.3. The highest BCUT2D eigenvalue weighted by Gasteiger charge is 2.52. The number of esters is 1. The molecule has 1 atom stereocenters. The summed E-state index contributed by atoms with van der Waals surface area (Å²) in [5.74, 6) is -0.984. The number of carbonyl (C=O) groups excluding carboxylic acids is 3. The van der Waals surface area contributed by atoms with E-state index in [4.69, 9.17) is 9.47 Å². The van der Waals surface area contributed by atoms with Crippen LogP contribution in [0, 0.1) is 5.41 Å². The molecule has 1 heterocycles. The van der Waals surface area contributed by atoms with E-state index in [1.807, 2.05) is 0 Å². The van der Waals surface area contributed by atoms with E-state index >= 15 is 0 Å². The molecular weight excluding hydrogens is 262 g/mol. The molecule has 0 bridgehead atoms. The third-order valence-electron chi connectivity index (χ3n) is 2.96. The van der Waals surface area contributed by atoms with E-state index in [0.29, 0.717) is 0 Å². The van der Waals surface area contributed by atoms with Crippen LogP contribution in [0.5, 0.6) is 0 Å². The highest BCUT2D eigenvalue weighted by atomic mass is 16.6. The number of ether oxygens (including phenoxy) is 2. The second kappa shape index (κ2) is 5.42. The van der Waals surface area contributed by atoms with Gasteiger partial charge in [0.25, 0.3) is 0 Å². The molecule has 1 rings (SSSR count). The van der Waals surface area contributed by atoms with Crippen LogP contribution in [0.25, 0.3) is 0 Å². The van der Waals surface area contributed by atoms with E-state index < -0.39 is 35.0 Å². The van der Waals surface area contributed by atoms with Crippen molar-refractivity contribution in [3.8, 4) is 0 Å². The lowest BCUT2D eigenvalue weighted by atomic mass is 9.90. The molecule has 20 heavy (non-hydrogen) atoms. The Morgan fingerprint density at radius 1 is 1.35 bits per heavy atom. The topological polar surface area (TPSA) is 72.9 Å². The molecule has 0 spiro atoms. The highest BCUT2D eigenvalue weighted by molar-refractivity contribution is 6.02. The molecule has 0 aromatic rings. The van der Waals surface area contributed by atoms with Gasteiger partial charge in [0.05, 0.1) is 6.61 Å². The molecule has 1 aliphatic heterocycles. The first-order chi connectivity index (χ1) is 8.99. The van der Waals surface area contributed by atoms with Gasteiger partial charge in [0, 0.05) is 5.41 Å². The summed E-state index contributed by atoms with van der Waals surface area (Å²) in [7, 11) is 0. The lowest BCUT2D eigenvalue weighted by Crippen LogP contribution is -2.46. The van der Waals surface area contributed by atoms with E-state index in [1.165, 1.54) is 0 Å². The van der Waals surface area contributed by atoms with Gasteiger partial charge >= 0.3 is 12.1 Å². The molecule has 1 aliphatic rings. The molecule has 2 amide bonds. The molecule has 6 nitrogen and oxygen atoms in total. The Morgan fingerprint density at radius 2 is 1.90 bits per heavy atom. The van der Waals surface area contributed by atoms with Crippen LogP contribution in [-0.2, 0) is 19.1 Å². The SMILES string of the molecule is CCOC(=O)C1CC(C)(C)C(=O)N1C(=O)OC(C)(C)C. The zero-order chi connectivity index (χ0) is 15.7. The summed E-state index contributed by atoms with van der Waals surface area (Å²) in [4.78, 5) is 37.3. The van der Waals surface area contributed by atoms with Gasteiger partial charge in [-0.05, 0) is 34.1 Å². The fraction of sp³-hybridized carbons (Fsp3) is 0.786. The summed E-state index contributed by atoms with van der Waals surface area (Å²) in [5, 5.41) is 0. The van der Waals surface area contributed by atoms with Gasteiger partial charge in [-0.25, -0.2) is 14.5 Å². The second-order valence-corrected chi connectivity index (χ2v) is 6.51. The van der Waals surface area contributed by atoms with Crippen LogP contribution in [0.15, 0.2) is 0 Å². The number of imide groups is 1. The van der Waals surface area contributed by atoms with Crippen molar-refractivity contribution in [2.24, 2.45) is 5.41 Å². The smallest absolute Gasteiger partial charge is 0.417 e. The summed E-state index contributed by atoms with van der Waals surface area (Å²) in [6, 6.07) is -0.910. The lowest BCUT2D eigenvalue weighted by molar-refractivity contribution is -0.151. The first kappa shape index (κ1) is 16.5. The summed E-state index contributed by atoms with van der Waals surface area (Å²) >= 11 is 0. The third kappa shape index (κ3) is 3.49. The molecule has 6 heteroatoms. The first-order valence-electron chi connectivity index (χ1n) is 6.73. The van der Waals surface area contributed by atoms with E-state index in [1.54, 1.807) is 41.5 Å². The molecule has 0 radical (unpaired) electrons. The number of rotatable bonds is 2. The van der Waals surface area contributed by atoms with Gasteiger partial charge in [-0.1, -0.05) is 13.8 Å². The normalized spacial score (nSPS) is 21.8. The Balaban J connectivity index is 3.01. The van der Waals surface area contributed by atoms with Crippen LogP contribution >= 0.6 is 0 Å². The minimum absolute atomic E-state index is 0.201. The number of carbonyl (C=O) groups is 3. The number of hydrogen-bond acceptors (Lipinski definition) is 5. The van der Waals surface area contributed by atoms with E-state index in [-0.39, 0.29) is 13.0 Å². The average molecular weight is 285 g/mol. The van der Waals surface area contributed by atoms with Crippen molar-refractivity contribution < 1.29 is 23.9 Å². The van der Waals surface area contributed by atoms with Crippen molar-refractivity contribution in [2.45, 2.75) is 59.6 Å². The zero-order valence-corrected chi connectivity index (χ0v) is 13.0. The maximum Gasteiger partial charge on any atom is 0.417 e. The fourth-order valence-corrected chi connectivity index (χ4v) is 2.08. The Bertz CT molecular complexity index is 422. The summed E-state index contributed by atoms with van der Waals surface area (Å²) < 4.78 is 10.1. The van der Waals surface area contributed by atoms with Gasteiger partial charge < -0.3 is 9.47 Å². The van der Waals surface area contributed by atoms with Crippen molar-refractivity contribution in [1.82, 2.24) is 4.90 Å². The predicted molar refractivity (Wildman–Crippen MR) is 71.9 cm³/mol. The van der Waals surface area contributed by atoms with Crippen LogP contribution in [0.2, 0.25) is 0 Å². The van der Waals surface area contributed by atoms with Gasteiger partial charge in [0.2, 0.25) is 5.91 Å². The molecule has 0 aromatic heterocycles. The molecule has 114 valence electrons. The van der Waals surface area contributed by atoms with Crippen LogP contribution in [0.3, 0.4) is 0 Å². The molecule has 0 N–H and O–H groups in total. The van der Waals surface area contributed by atoms with Crippen LogP contribution < -0.4 is 0 Å². The number of likely N-dealkylation sites (tertiary alicyclic amines) is 1. The molecule has 1 fully saturated rings. The van der Waals surface area contributed by atoms with Gasteiger partial charge in [0.1, 0.15) is 11.6 Å². The molecule has 0 saturated carbocycles. The first-order valence-corrected chi connectivity index (χ1v) is 6.73. The van der Waals surface area contributed by atoms with Gasteiger partial charge in [0.15, 0.2) is 0 Å². The van der Waals surface area contributed by atoms with Crippen molar-refractivity contribution in [3.05, 3.63) is 0 Å². The zero-order valence-electron chi connectivity index (χ0n) is 13.0. The fourth-order valence-electron chi connectivity index (χ4n) is 2.08. The van der Waals surface area contributed by atoms with E-state index in [2.05, 4.69) is 0 Å². The second-order valence-electron chi connectivity index (χ2n) is 6.51. The number of hydrogen-bond donors (Lipinski definition) is 0. The van der Waals surface area contributed by atoms with Gasteiger partial charge in [-0.3, -0.25) is 4.79 Å². The monoisotopic (exact) mass is 285 g/mol. The third-order valence-corrected chi connectivity index (χ3v) is 2.96. The highest BCUT2D eigenvalue weighted by Crippen LogP contribution is 2.36. The van der Waals surface area contributed by atoms with Gasteiger partial charge in [-0.15, -0.1) is 0 Å². The quantitative estimate of drug-likeness (QED) is 0.726. The van der Waals surface area contributed by atoms with Crippen LogP contribution in [-0.4, -0.2) is 41.1 Å². The minimum Gasteiger partial charge on any atom is -0.464 e. The number of nitrogens with zero attached hydrogens (tertiary/aromatic N) is 1. The van der Waals surface area contributed by atoms with E-state index in [0.717, 1.165) is 4.90 Å². The van der Waals surface area contributed by atoms with Crippen LogP contribution in [0.4, 0.5) is 4.79 Å². The molecular formula is C14H23NO5. The summed E-state index contributed by atoms with van der Waals surface area (Å²) in [5.41, 5.74) is -1.52. The summed E-state index contributed by atoms with van der Waals surface area (Å²) in [6.45, 7) is 10.4. The van der Waals surface area contributed by atoms with Crippen molar-refractivity contribution in [3.63, 3.8) is 0 Å². The molecule has 1 unspecified atom stereocenters. The van der Waals surface area contributed by atoms with E-state index in [9.17, 15) is 14.4 Å². The Morgan fingerprint density at radius 3 is 2.35 bits per heavy atom. The van der Waals surface area contributed by atoms with Gasteiger partial charge in [-0.2, -0.15) is 0 Å². The predicted octanol–water partition coefficient (Wildman–Crippen LogP) is 2.11. The standard InChI is InChI=1S/C14H23NO5/c1-7-19-10(16)9-8-14(5,6)11(17)15(9)12(18)20-13(2,3)4/h9H,7-8H2,1-6H3. The molecule has 0 aromatic carbocycles. The minimum atomic E-state index is -0.910. The largest absolute Gasteiger partial charge is 0.464 e. The number of amides is 2. The lowest BCUT2D eigenvalue weighted by Gasteiger charge is -2.26. The maximum atomic E-state index is 12.3. The average Bonchev–Trinajstić information content (AvgIpc) is 2.48. The Labute approximate surface area is 119 Å². The molecule has 1 saturated heterocycles. The van der Waals surface area contributed by atoms with Crippen molar-refractivity contribution >= 4 is 18.0 Å². The van der Waals surface area contributed by atoms with Crippen LogP contribution in [0.1, 0.15) is 48.0 Å². The molecule has 0 aliphatic carbocycles. The van der Waals surface area contributed by atoms with Crippen molar-refractivity contribution in [1.29, 1.82) is 0 Å². The Hall–Kier alpha value is -1.59. The summed E-state index contributed by atoms with van der Waals surface area (Å²) in [6.07, 6.45) is -0.560.